The van der Waals surface area contributed by atoms with Crippen molar-refractivity contribution >= 4 is 11.9 Å². The first kappa shape index (κ1) is 16.9. The van der Waals surface area contributed by atoms with Crippen LogP contribution in [0.4, 0.5) is 0 Å². The van der Waals surface area contributed by atoms with Gasteiger partial charge in [0.05, 0.1) is 6.61 Å². The molecule has 0 fully saturated rings. The summed E-state index contributed by atoms with van der Waals surface area (Å²) in [6, 6.07) is 0. The van der Waals surface area contributed by atoms with Crippen molar-refractivity contribution in [3.8, 4) is 0 Å². The van der Waals surface area contributed by atoms with Gasteiger partial charge in [-0.3, -0.25) is 9.59 Å². The minimum absolute atomic E-state index is 0.349. The molecule has 0 aliphatic carbocycles. The van der Waals surface area contributed by atoms with Gasteiger partial charge in [-0.05, 0) is 6.42 Å². The molecule has 0 spiro atoms. The zero-order valence-corrected chi connectivity index (χ0v) is 11.5. The van der Waals surface area contributed by atoms with E-state index in [1.165, 1.54) is 44.9 Å². The Morgan fingerprint density at radius 3 is 1.89 bits per heavy atom. The number of unbranched alkanes of at least 4 members (excludes halogenated alkanes) is 8. The van der Waals surface area contributed by atoms with Gasteiger partial charge >= 0.3 is 11.9 Å². The van der Waals surface area contributed by atoms with Crippen molar-refractivity contribution in [2.45, 2.75) is 71.1 Å². The van der Waals surface area contributed by atoms with Gasteiger partial charge in [0.2, 0.25) is 0 Å². The lowest BCUT2D eigenvalue weighted by atomic mass is 10.1. The van der Waals surface area contributed by atoms with Crippen molar-refractivity contribution in [3.05, 3.63) is 0 Å². The Balaban J connectivity index is 3.11. The van der Waals surface area contributed by atoms with Crippen molar-refractivity contribution in [2.24, 2.45) is 0 Å². The fourth-order valence-corrected chi connectivity index (χ4v) is 1.77. The second-order valence-corrected chi connectivity index (χ2v) is 4.62. The summed E-state index contributed by atoms with van der Waals surface area (Å²) in [5.41, 5.74) is 0. The predicted molar refractivity (Wildman–Crippen MR) is 70.4 cm³/mol. The van der Waals surface area contributed by atoms with Gasteiger partial charge in [0.1, 0.15) is 6.42 Å². The molecule has 0 aliphatic rings. The number of carboxylic acids is 1. The van der Waals surface area contributed by atoms with Crippen molar-refractivity contribution in [3.63, 3.8) is 0 Å². The van der Waals surface area contributed by atoms with Gasteiger partial charge in [-0.25, -0.2) is 0 Å². The highest BCUT2D eigenvalue weighted by Crippen LogP contribution is 2.09. The molecule has 0 aliphatic heterocycles. The minimum Gasteiger partial charge on any atom is -0.481 e. The average molecular weight is 258 g/mol. The van der Waals surface area contributed by atoms with Crippen LogP contribution in [0.5, 0.6) is 0 Å². The molecule has 0 aromatic rings. The summed E-state index contributed by atoms with van der Waals surface area (Å²) >= 11 is 0. The monoisotopic (exact) mass is 258 g/mol. The summed E-state index contributed by atoms with van der Waals surface area (Å²) in [6.45, 7) is 2.56. The van der Waals surface area contributed by atoms with Gasteiger partial charge in [-0.1, -0.05) is 58.3 Å². The number of esters is 1. The van der Waals surface area contributed by atoms with Crippen LogP contribution in [-0.4, -0.2) is 23.7 Å². The van der Waals surface area contributed by atoms with Gasteiger partial charge in [-0.15, -0.1) is 0 Å². The number of carbonyl (C=O) groups is 2. The smallest absolute Gasteiger partial charge is 0.317 e. The lowest BCUT2D eigenvalue weighted by Gasteiger charge is -2.03. The maximum atomic E-state index is 10.9. The van der Waals surface area contributed by atoms with Crippen LogP contribution in [0.1, 0.15) is 71.1 Å². The Bertz CT molecular complexity index is 226. The molecule has 0 aromatic heterocycles. The van der Waals surface area contributed by atoms with Crippen LogP contribution in [-0.2, 0) is 14.3 Å². The summed E-state index contributed by atoms with van der Waals surface area (Å²) < 4.78 is 4.79. The zero-order chi connectivity index (χ0) is 13.6. The van der Waals surface area contributed by atoms with E-state index in [1.807, 2.05) is 0 Å². The lowest BCUT2D eigenvalue weighted by Crippen LogP contribution is -2.11. The minimum atomic E-state index is -1.13. The molecule has 4 nitrogen and oxygen atoms in total. The molecule has 0 atom stereocenters. The van der Waals surface area contributed by atoms with E-state index in [2.05, 4.69) is 6.92 Å². The Morgan fingerprint density at radius 2 is 1.39 bits per heavy atom. The number of hydrogen-bond acceptors (Lipinski definition) is 3. The summed E-state index contributed by atoms with van der Waals surface area (Å²) in [4.78, 5) is 21.1. The first-order chi connectivity index (χ1) is 8.66. The van der Waals surface area contributed by atoms with E-state index in [0.717, 1.165) is 12.8 Å². The predicted octanol–water partition coefficient (Wildman–Crippen LogP) is 3.54. The molecule has 4 heteroatoms. The summed E-state index contributed by atoms with van der Waals surface area (Å²) in [7, 11) is 0. The van der Waals surface area contributed by atoms with E-state index in [4.69, 9.17) is 9.84 Å². The Labute approximate surface area is 110 Å². The molecule has 0 bridgehead atoms. The molecule has 0 saturated carbocycles. The first-order valence-corrected chi connectivity index (χ1v) is 7.04. The largest absolute Gasteiger partial charge is 0.481 e. The zero-order valence-electron chi connectivity index (χ0n) is 11.5. The summed E-state index contributed by atoms with van der Waals surface area (Å²) in [5, 5.41) is 8.34. The second kappa shape index (κ2) is 12.4. The highest BCUT2D eigenvalue weighted by atomic mass is 16.5. The van der Waals surface area contributed by atoms with Crippen molar-refractivity contribution in [1.29, 1.82) is 0 Å². The van der Waals surface area contributed by atoms with Crippen LogP contribution >= 0.6 is 0 Å². The SMILES string of the molecule is CCCCCCCCCCCOC(=O)CC(=O)O. The van der Waals surface area contributed by atoms with Crippen molar-refractivity contribution < 1.29 is 19.4 Å². The van der Waals surface area contributed by atoms with Crippen molar-refractivity contribution in [2.75, 3.05) is 6.61 Å². The van der Waals surface area contributed by atoms with E-state index in [9.17, 15) is 9.59 Å². The fraction of sp³-hybridized carbons (Fsp3) is 0.857. The van der Waals surface area contributed by atoms with E-state index in [1.54, 1.807) is 0 Å². The van der Waals surface area contributed by atoms with Gasteiger partial charge < -0.3 is 9.84 Å². The Kier molecular flexibility index (Phi) is 11.7. The molecule has 0 aromatic carbocycles. The number of rotatable bonds is 12. The molecular weight excluding hydrogens is 232 g/mol. The van der Waals surface area contributed by atoms with Crippen LogP contribution in [0.15, 0.2) is 0 Å². The first-order valence-electron chi connectivity index (χ1n) is 7.04. The Hall–Kier alpha value is -1.06. The van der Waals surface area contributed by atoms with Crippen LogP contribution in [0.2, 0.25) is 0 Å². The molecule has 0 heterocycles. The van der Waals surface area contributed by atoms with E-state index < -0.39 is 18.4 Å². The third-order valence-electron chi connectivity index (χ3n) is 2.81. The topological polar surface area (TPSA) is 63.6 Å². The summed E-state index contributed by atoms with van der Waals surface area (Å²) in [6.07, 6.45) is 10.3. The maximum absolute atomic E-state index is 10.9. The molecule has 0 rings (SSSR count). The van der Waals surface area contributed by atoms with Crippen LogP contribution in [0.25, 0.3) is 0 Å². The summed E-state index contributed by atoms with van der Waals surface area (Å²) in [5.74, 6) is -1.77. The van der Waals surface area contributed by atoms with Crippen LogP contribution < -0.4 is 0 Å². The molecule has 0 saturated heterocycles. The van der Waals surface area contributed by atoms with Gasteiger partial charge in [0.15, 0.2) is 0 Å². The van der Waals surface area contributed by atoms with Gasteiger partial charge in [-0.2, -0.15) is 0 Å². The normalized spacial score (nSPS) is 10.3. The quantitative estimate of drug-likeness (QED) is 0.330. The third kappa shape index (κ3) is 13.0. The molecule has 0 amide bonds. The molecular formula is C14H26O4. The molecule has 106 valence electrons. The standard InChI is InChI=1S/C14H26O4/c1-2-3-4-5-6-7-8-9-10-11-18-14(17)12-13(15)16/h2-12H2,1H3,(H,15,16). The highest BCUT2D eigenvalue weighted by Gasteiger charge is 2.07. The number of ether oxygens (including phenoxy) is 1. The number of hydrogen-bond donors (Lipinski definition) is 1. The average Bonchev–Trinajstić information content (AvgIpc) is 2.30. The van der Waals surface area contributed by atoms with Crippen LogP contribution in [0.3, 0.4) is 0 Å². The Morgan fingerprint density at radius 1 is 0.889 bits per heavy atom. The fourth-order valence-electron chi connectivity index (χ4n) is 1.77. The van der Waals surface area contributed by atoms with Gasteiger partial charge in [0.25, 0.3) is 0 Å². The molecule has 18 heavy (non-hydrogen) atoms. The van der Waals surface area contributed by atoms with Crippen molar-refractivity contribution in [1.82, 2.24) is 0 Å². The van der Waals surface area contributed by atoms with E-state index in [0.29, 0.717) is 6.61 Å². The molecule has 0 radical (unpaired) electrons. The maximum Gasteiger partial charge on any atom is 0.317 e. The van der Waals surface area contributed by atoms with E-state index >= 15 is 0 Å². The molecule has 1 N–H and O–H groups in total. The second-order valence-electron chi connectivity index (χ2n) is 4.62. The third-order valence-corrected chi connectivity index (χ3v) is 2.81. The van der Waals surface area contributed by atoms with E-state index in [-0.39, 0.29) is 0 Å². The van der Waals surface area contributed by atoms with Gasteiger partial charge in [0, 0.05) is 0 Å². The lowest BCUT2D eigenvalue weighted by molar-refractivity contribution is -0.151. The number of carboxylic acid groups (broad SMARTS) is 1. The number of carbonyl (C=O) groups excluding carboxylic acids is 1. The highest BCUT2D eigenvalue weighted by molar-refractivity contribution is 5.90. The number of aliphatic carboxylic acids is 1. The van der Waals surface area contributed by atoms with Crippen LogP contribution in [0, 0.1) is 0 Å². The molecule has 0 unspecified atom stereocenters.